The number of hydrogen-bond acceptors (Lipinski definition) is 3. The maximum absolute atomic E-state index is 9.90. The molecule has 0 aliphatic rings. The van der Waals surface area contributed by atoms with Crippen molar-refractivity contribution in [2.75, 3.05) is 0 Å². The number of fused-ring (bicyclic) bond motifs is 7. The fraction of sp³-hybridized carbons (Fsp3) is 0. The first-order chi connectivity index (χ1) is 25.7. The predicted molar refractivity (Wildman–Crippen MR) is 212 cm³/mol. The van der Waals surface area contributed by atoms with Gasteiger partial charge < -0.3 is 9.13 Å². The highest BCUT2D eigenvalue weighted by Gasteiger charge is 2.21. The SMILES string of the molecule is N#Cc1ccc2c3c(ccc4c5ccccc5n(-c5cccc(-c6cc(-c7ccccc7)nc(-c7ccccc7)n6)c5)c43)n(-c3ccccc3)c2c1. The summed E-state index contributed by atoms with van der Waals surface area (Å²) in [5.41, 5.74) is 11.8. The van der Waals surface area contributed by atoms with E-state index in [1.165, 1.54) is 10.8 Å². The molecule has 0 amide bonds. The van der Waals surface area contributed by atoms with Crippen molar-refractivity contribution in [3.8, 4) is 51.3 Å². The van der Waals surface area contributed by atoms with Gasteiger partial charge in [0.25, 0.3) is 0 Å². The van der Waals surface area contributed by atoms with Crippen molar-refractivity contribution in [1.82, 2.24) is 19.1 Å². The maximum atomic E-state index is 9.90. The zero-order valence-corrected chi connectivity index (χ0v) is 28.0. The number of benzene rings is 7. The highest BCUT2D eigenvalue weighted by molar-refractivity contribution is 6.26. The second-order valence-electron chi connectivity index (χ2n) is 13.0. The largest absolute Gasteiger partial charge is 0.309 e. The van der Waals surface area contributed by atoms with Crippen LogP contribution in [0.1, 0.15) is 5.56 Å². The fourth-order valence-electron chi connectivity index (χ4n) is 7.62. The van der Waals surface area contributed by atoms with E-state index in [0.29, 0.717) is 11.4 Å². The van der Waals surface area contributed by atoms with Gasteiger partial charge in [-0.05, 0) is 54.6 Å². The summed E-state index contributed by atoms with van der Waals surface area (Å²) in [4.78, 5) is 10.2. The Morgan fingerprint density at radius 1 is 0.423 bits per heavy atom. The van der Waals surface area contributed by atoms with Crippen LogP contribution >= 0.6 is 0 Å². The summed E-state index contributed by atoms with van der Waals surface area (Å²) in [6.07, 6.45) is 0. The average molecular weight is 664 g/mol. The quantitative estimate of drug-likeness (QED) is 0.184. The minimum atomic E-state index is 0.631. The molecule has 3 aromatic heterocycles. The molecule has 0 radical (unpaired) electrons. The fourth-order valence-corrected chi connectivity index (χ4v) is 7.62. The molecule has 10 aromatic rings. The summed E-state index contributed by atoms with van der Waals surface area (Å²) in [6, 6.07) is 63.1. The second kappa shape index (κ2) is 11.9. The van der Waals surface area contributed by atoms with Crippen molar-refractivity contribution >= 4 is 43.6 Å². The maximum Gasteiger partial charge on any atom is 0.160 e. The predicted octanol–water partition coefficient (Wildman–Crippen LogP) is 11.5. The van der Waals surface area contributed by atoms with Crippen LogP contribution in [0.4, 0.5) is 0 Å². The lowest BCUT2D eigenvalue weighted by atomic mass is 10.1. The summed E-state index contributed by atoms with van der Waals surface area (Å²) in [5.74, 6) is 0.686. The van der Waals surface area contributed by atoms with Crippen molar-refractivity contribution < 1.29 is 0 Å². The van der Waals surface area contributed by atoms with Gasteiger partial charge in [0, 0.05) is 49.6 Å². The lowest BCUT2D eigenvalue weighted by Crippen LogP contribution is -1.98. The Morgan fingerprint density at radius 3 is 1.83 bits per heavy atom. The van der Waals surface area contributed by atoms with Gasteiger partial charge in [0.2, 0.25) is 0 Å². The van der Waals surface area contributed by atoms with Crippen molar-refractivity contribution in [2.45, 2.75) is 0 Å². The molecule has 0 aliphatic carbocycles. The molecule has 0 aliphatic heterocycles. The van der Waals surface area contributed by atoms with Gasteiger partial charge >= 0.3 is 0 Å². The summed E-state index contributed by atoms with van der Waals surface area (Å²) in [7, 11) is 0. The van der Waals surface area contributed by atoms with E-state index >= 15 is 0 Å². The van der Waals surface area contributed by atoms with Gasteiger partial charge in [0.15, 0.2) is 5.82 Å². The zero-order valence-electron chi connectivity index (χ0n) is 28.0. The molecule has 5 heteroatoms. The number of nitriles is 1. The standard InChI is InChI=1S/C47H29N5/c48-30-31-23-24-39-44(27-31)51(35-18-8-3-9-19-35)43-26-25-38-37-21-10-11-22-42(37)52(46(38)45(39)43)36-20-12-17-34(28-36)41-29-40(32-13-4-1-5-14-32)49-47(50-41)33-15-6-2-7-16-33/h1-29H. The molecule has 0 saturated heterocycles. The van der Waals surface area contributed by atoms with Crippen LogP contribution in [0.15, 0.2) is 176 Å². The Bertz CT molecular complexity index is 2950. The third-order valence-corrected chi connectivity index (χ3v) is 9.93. The number of rotatable bonds is 5. The lowest BCUT2D eigenvalue weighted by Gasteiger charge is -2.13. The molecule has 0 bridgehead atoms. The van der Waals surface area contributed by atoms with Crippen LogP contribution in [0.2, 0.25) is 0 Å². The Morgan fingerprint density at radius 2 is 1.06 bits per heavy atom. The first kappa shape index (κ1) is 29.6. The Balaban J connectivity index is 1.26. The smallest absolute Gasteiger partial charge is 0.160 e. The van der Waals surface area contributed by atoms with Crippen molar-refractivity contribution in [3.05, 3.63) is 181 Å². The highest BCUT2D eigenvalue weighted by Crippen LogP contribution is 2.42. The van der Waals surface area contributed by atoms with Gasteiger partial charge in [0.1, 0.15) is 0 Å². The molecule has 242 valence electrons. The minimum absolute atomic E-state index is 0.631. The third-order valence-electron chi connectivity index (χ3n) is 9.93. The van der Waals surface area contributed by atoms with Gasteiger partial charge in [-0.25, -0.2) is 9.97 Å². The van der Waals surface area contributed by atoms with Crippen LogP contribution in [0, 0.1) is 11.3 Å². The van der Waals surface area contributed by atoms with Gasteiger partial charge in [-0.2, -0.15) is 5.26 Å². The molecule has 0 spiro atoms. The molecule has 3 heterocycles. The highest BCUT2D eigenvalue weighted by atomic mass is 15.0. The first-order valence-corrected chi connectivity index (χ1v) is 17.3. The van der Waals surface area contributed by atoms with E-state index in [-0.39, 0.29) is 0 Å². The molecular weight excluding hydrogens is 635 g/mol. The monoisotopic (exact) mass is 663 g/mol. The molecule has 0 unspecified atom stereocenters. The molecule has 0 fully saturated rings. The molecule has 10 rings (SSSR count). The number of aromatic nitrogens is 4. The van der Waals surface area contributed by atoms with Crippen molar-refractivity contribution in [3.63, 3.8) is 0 Å². The van der Waals surface area contributed by atoms with E-state index in [0.717, 1.165) is 72.3 Å². The van der Waals surface area contributed by atoms with Crippen LogP contribution in [0.5, 0.6) is 0 Å². The summed E-state index contributed by atoms with van der Waals surface area (Å²) < 4.78 is 4.67. The van der Waals surface area contributed by atoms with E-state index in [1.54, 1.807) is 0 Å². The Kier molecular flexibility index (Phi) is 6.80. The van der Waals surface area contributed by atoms with E-state index in [1.807, 2.05) is 54.6 Å². The summed E-state index contributed by atoms with van der Waals surface area (Å²) in [5, 5.41) is 14.5. The second-order valence-corrected chi connectivity index (χ2v) is 13.0. The third kappa shape index (κ3) is 4.70. The van der Waals surface area contributed by atoms with E-state index in [4.69, 9.17) is 9.97 Å². The summed E-state index contributed by atoms with van der Waals surface area (Å²) >= 11 is 0. The molecule has 52 heavy (non-hydrogen) atoms. The molecule has 0 N–H and O–H groups in total. The molecular formula is C47H29N5. The average Bonchev–Trinajstić information content (AvgIpc) is 3.74. The Labute approximate surface area is 299 Å². The topological polar surface area (TPSA) is 59.4 Å². The number of hydrogen-bond donors (Lipinski definition) is 0. The molecule has 7 aromatic carbocycles. The number of nitrogens with zero attached hydrogens (tertiary/aromatic N) is 5. The van der Waals surface area contributed by atoms with E-state index < -0.39 is 0 Å². The number of para-hydroxylation sites is 2. The minimum Gasteiger partial charge on any atom is -0.309 e. The van der Waals surface area contributed by atoms with Crippen LogP contribution in [0.25, 0.3) is 88.9 Å². The summed E-state index contributed by atoms with van der Waals surface area (Å²) in [6.45, 7) is 0. The van der Waals surface area contributed by atoms with Crippen LogP contribution in [0.3, 0.4) is 0 Å². The van der Waals surface area contributed by atoms with E-state index in [2.05, 4.69) is 137 Å². The molecule has 5 nitrogen and oxygen atoms in total. The van der Waals surface area contributed by atoms with Gasteiger partial charge in [-0.15, -0.1) is 0 Å². The first-order valence-electron chi connectivity index (χ1n) is 17.3. The van der Waals surface area contributed by atoms with Gasteiger partial charge in [0.05, 0.1) is 45.1 Å². The van der Waals surface area contributed by atoms with Gasteiger partial charge in [-0.1, -0.05) is 121 Å². The van der Waals surface area contributed by atoms with Crippen LogP contribution in [-0.2, 0) is 0 Å². The van der Waals surface area contributed by atoms with Crippen molar-refractivity contribution in [1.29, 1.82) is 5.26 Å². The van der Waals surface area contributed by atoms with Crippen molar-refractivity contribution in [2.24, 2.45) is 0 Å². The Hall–Kier alpha value is -7.29. The lowest BCUT2D eigenvalue weighted by molar-refractivity contribution is 1.16. The van der Waals surface area contributed by atoms with Crippen LogP contribution in [-0.4, -0.2) is 19.1 Å². The zero-order chi connectivity index (χ0) is 34.6. The van der Waals surface area contributed by atoms with E-state index in [9.17, 15) is 5.26 Å². The molecule has 0 saturated carbocycles. The van der Waals surface area contributed by atoms with Gasteiger partial charge in [-0.3, -0.25) is 0 Å². The normalized spacial score (nSPS) is 11.4. The molecule has 0 atom stereocenters. The van der Waals surface area contributed by atoms with Crippen LogP contribution < -0.4 is 0 Å².